The number of amides is 2. The molecule has 0 aliphatic rings. The number of nitrogens with zero attached hydrogens (tertiary/aromatic N) is 1. The Kier molecular flexibility index (Phi) is 7.29. The minimum atomic E-state index is -1.05. The van der Waals surface area contributed by atoms with E-state index in [-0.39, 0.29) is 18.5 Å². The lowest BCUT2D eigenvalue weighted by atomic mass is 10.2. The molecule has 1 unspecified atom stereocenters. The van der Waals surface area contributed by atoms with E-state index < -0.39 is 12.0 Å². The third-order valence-electron chi connectivity index (χ3n) is 2.43. The standard InChI is InChI=1S/C11H22N2O4/c1-5-13(8(2)3)11(16)12-9(10(14)15)6-7-17-4/h8-9H,5-7H2,1-4H3,(H,12,16)(H,14,15). The molecule has 0 aromatic heterocycles. The summed E-state index contributed by atoms with van der Waals surface area (Å²) in [6.07, 6.45) is 0.257. The molecule has 0 aliphatic carbocycles. The highest BCUT2D eigenvalue weighted by Crippen LogP contribution is 2.01. The van der Waals surface area contributed by atoms with Crippen LogP contribution in [-0.4, -0.2) is 54.4 Å². The second-order valence-electron chi connectivity index (χ2n) is 4.00. The predicted octanol–water partition coefficient (Wildman–Crippen LogP) is 0.916. The maximum Gasteiger partial charge on any atom is 0.326 e. The van der Waals surface area contributed by atoms with Gasteiger partial charge in [-0.3, -0.25) is 0 Å². The molecule has 17 heavy (non-hydrogen) atoms. The molecule has 0 aliphatic heterocycles. The molecule has 2 amide bonds. The van der Waals surface area contributed by atoms with E-state index in [1.54, 1.807) is 4.90 Å². The highest BCUT2D eigenvalue weighted by Gasteiger charge is 2.23. The van der Waals surface area contributed by atoms with Gasteiger partial charge in [0.2, 0.25) is 0 Å². The molecule has 0 saturated heterocycles. The average Bonchev–Trinajstić information content (AvgIpc) is 2.24. The van der Waals surface area contributed by atoms with Gasteiger partial charge in [-0.05, 0) is 20.8 Å². The number of aliphatic carboxylic acids is 1. The van der Waals surface area contributed by atoms with Crippen molar-refractivity contribution in [3.63, 3.8) is 0 Å². The summed E-state index contributed by atoms with van der Waals surface area (Å²) in [5, 5.41) is 11.4. The molecule has 0 fully saturated rings. The van der Waals surface area contributed by atoms with Gasteiger partial charge in [0.25, 0.3) is 0 Å². The largest absolute Gasteiger partial charge is 0.480 e. The summed E-state index contributed by atoms with van der Waals surface area (Å²) in [7, 11) is 1.49. The van der Waals surface area contributed by atoms with Crippen LogP contribution in [0.25, 0.3) is 0 Å². The van der Waals surface area contributed by atoms with Crippen molar-refractivity contribution in [2.75, 3.05) is 20.3 Å². The molecule has 0 bridgehead atoms. The summed E-state index contributed by atoms with van der Waals surface area (Å²) in [5.41, 5.74) is 0. The number of urea groups is 1. The van der Waals surface area contributed by atoms with Crippen molar-refractivity contribution >= 4 is 12.0 Å². The second-order valence-corrected chi connectivity index (χ2v) is 4.00. The normalized spacial score (nSPS) is 12.3. The first-order valence-electron chi connectivity index (χ1n) is 5.72. The van der Waals surface area contributed by atoms with E-state index in [2.05, 4.69) is 5.32 Å². The first-order chi connectivity index (χ1) is 7.93. The third kappa shape index (κ3) is 5.53. The summed E-state index contributed by atoms with van der Waals surface area (Å²) in [4.78, 5) is 24.3. The molecule has 6 nitrogen and oxygen atoms in total. The topological polar surface area (TPSA) is 78.9 Å². The summed E-state index contributed by atoms with van der Waals surface area (Å²) in [6, 6.07) is -1.22. The fourth-order valence-electron chi connectivity index (χ4n) is 1.47. The SMILES string of the molecule is CCN(C(=O)NC(CCOC)C(=O)O)C(C)C. The lowest BCUT2D eigenvalue weighted by Gasteiger charge is -2.27. The van der Waals surface area contributed by atoms with Crippen LogP contribution >= 0.6 is 0 Å². The quantitative estimate of drug-likeness (QED) is 0.700. The average molecular weight is 246 g/mol. The van der Waals surface area contributed by atoms with E-state index in [4.69, 9.17) is 9.84 Å². The number of methoxy groups -OCH3 is 1. The monoisotopic (exact) mass is 246 g/mol. The molecule has 0 rings (SSSR count). The van der Waals surface area contributed by atoms with Crippen LogP contribution in [0.1, 0.15) is 27.2 Å². The van der Waals surface area contributed by atoms with Crippen LogP contribution in [0.5, 0.6) is 0 Å². The zero-order valence-electron chi connectivity index (χ0n) is 10.9. The van der Waals surface area contributed by atoms with Crippen LogP contribution in [0.4, 0.5) is 4.79 Å². The Morgan fingerprint density at radius 3 is 2.35 bits per heavy atom. The fraction of sp³-hybridized carbons (Fsp3) is 0.818. The maximum atomic E-state index is 11.8. The number of nitrogens with one attached hydrogen (secondary N) is 1. The van der Waals surface area contributed by atoms with Gasteiger partial charge in [0.15, 0.2) is 0 Å². The van der Waals surface area contributed by atoms with Gasteiger partial charge in [-0.25, -0.2) is 9.59 Å². The number of hydrogen-bond donors (Lipinski definition) is 2. The zero-order valence-corrected chi connectivity index (χ0v) is 10.9. The molecular formula is C11H22N2O4. The van der Waals surface area contributed by atoms with Crippen LogP contribution in [0.15, 0.2) is 0 Å². The van der Waals surface area contributed by atoms with E-state index in [1.807, 2.05) is 20.8 Å². The number of rotatable bonds is 7. The molecule has 0 saturated carbocycles. The number of carbonyl (C=O) groups excluding carboxylic acids is 1. The van der Waals surface area contributed by atoms with Crippen molar-refractivity contribution in [2.24, 2.45) is 0 Å². The Bertz CT molecular complexity index is 256. The Hall–Kier alpha value is -1.30. The number of hydrogen-bond acceptors (Lipinski definition) is 3. The smallest absolute Gasteiger partial charge is 0.326 e. The van der Waals surface area contributed by atoms with E-state index in [0.717, 1.165) is 0 Å². The minimum Gasteiger partial charge on any atom is -0.480 e. The Labute approximate surface area is 102 Å². The van der Waals surface area contributed by atoms with Crippen LogP contribution in [0.2, 0.25) is 0 Å². The van der Waals surface area contributed by atoms with Crippen molar-refractivity contribution < 1.29 is 19.4 Å². The highest BCUT2D eigenvalue weighted by molar-refractivity contribution is 5.82. The minimum absolute atomic E-state index is 0.0388. The molecule has 2 N–H and O–H groups in total. The third-order valence-corrected chi connectivity index (χ3v) is 2.43. The van der Waals surface area contributed by atoms with E-state index in [1.165, 1.54) is 7.11 Å². The fourth-order valence-corrected chi connectivity index (χ4v) is 1.47. The molecule has 1 atom stereocenters. The second kappa shape index (κ2) is 7.89. The Morgan fingerprint density at radius 2 is 2.00 bits per heavy atom. The first-order valence-corrected chi connectivity index (χ1v) is 5.72. The Morgan fingerprint density at radius 1 is 1.41 bits per heavy atom. The summed E-state index contributed by atoms with van der Waals surface area (Å²) < 4.78 is 4.81. The number of ether oxygens (including phenoxy) is 1. The van der Waals surface area contributed by atoms with Crippen molar-refractivity contribution in [2.45, 2.75) is 39.3 Å². The van der Waals surface area contributed by atoms with Gasteiger partial charge in [-0.2, -0.15) is 0 Å². The van der Waals surface area contributed by atoms with E-state index in [9.17, 15) is 9.59 Å². The first kappa shape index (κ1) is 15.7. The molecular weight excluding hydrogens is 224 g/mol. The summed E-state index contributed by atoms with van der Waals surface area (Å²) in [5.74, 6) is -1.05. The number of carboxylic acids is 1. The lowest BCUT2D eigenvalue weighted by molar-refractivity contribution is -0.139. The summed E-state index contributed by atoms with van der Waals surface area (Å²) >= 11 is 0. The van der Waals surface area contributed by atoms with Crippen LogP contribution in [0, 0.1) is 0 Å². The van der Waals surface area contributed by atoms with Crippen LogP contribution in [0.3, 0.4) is 0 Å². The maximum absolute atomic E-state index is 11.8. The van der Waals surface area contributed by atoms with Gasteiger partial charge in [0.1, 0.15) is 6.04 Å². The van der Waals surface area contributed by atoms with Crippen molar-refractivity contribution in [1.82, 2.24) is 10.2 Å². The van der Waals surface area contributed by atoms with Crippen LogP contribution in [-0.2, 0) is 9.53 Å². The van der Waals surface area contributed by atoms with E-state index in [0.29, 0.717) is 13.2 Å². The van der Waals surface area contributed by atoms with Crippen molar-refractivity contribution in [3.05, 3.63) is 0 Å². The molecule has 6 heteroatoms. The molecule has 0 aromatic carbocycles. The van der Waals surface area contributed by atoms with Gasteiger partial charge < -0.3 is 20.1 Å². The highest BCUT2D eigenvalue weighted by atomic mass is 16.5. The lowest BCUT2D eigenvalue weighted by Crippen LogP contribution is -2.50. The van der Waals surface area contributed by atoms with Crippen molar-refractivity contribution in [3.8, 4) is 0 Å². The molecule has 0 heterocycles. The molecule has 0 spiro atoms. The van der Waals surface area contributed by atoms with E-state index >= 15 is 0 Å². The van der Waals surface area contributed by atoms with Crippen molar-refractivity contribution in [1.29, 1.82) is 0 Å². The van der Waals surface area contributed by atoms with Crippen LogP contribution < -0.4 is 5.32 Å². The molecule has 100 valence electrons. The number of carboxylic acid groups (broad SMARTS) is 1. The van der Waals surface area contributed by atoms with Gasteiger partial charge >= 0.3 is 12.0 Å². The Balaban J connectivity index is 4.43. The van der Waals surface area contributed by atoms with Gasteiger partial charge in [-0.1, -0.05) is 0 Å². The molecule has 0 aromatic rings. The summed E-state index contributed by atoms with van der Waals surface area (Å²) in [6.45, 7) is 6.46. The molecule has 0 radical (unpaired) electrons. The van der Waals surface area contributed by atoms with Gasteiger partial charge in [-0.15, -0.1) is 0 Å². The number of carbonyl (C=O) groups is 2. The predicted molar refractivity (Wildman–Crippen MR) is 64.0 cm³/mol. The van der Waals surface area contributed by atoms with Gasteiger partial charge in [0.05, 0.1) is 0 Å². The van der Waals surface area contributed by atoms with Gasteiger partial charge in [0, 0.05) is 32.7 Å². The zero-order chi connectivity index (χ0) is 13.4.